The number of benzene rings is 2. The zero-order chi connectivity index (χ0) is 33.1. The van der Waals surface area contributed by atoms with E-state index in [0.29, 0.717) is 23.4 Å². The number of nitrogens with zero attached hydrogens (tertiary/aromatic N) is 1. The minimum absolute atomic E-state index is 0.000523. The van der Waals surface area contributed by atoms with Crippen molar-refractivity contribution in [1.82, 2.24) is 15.6 Å². The highest BCUT2D eigenvalue weighted by Crippen LogP contribution is 2.25. The molecule has 240 valence electrons. The Balaban J connectivity index is 1.70. The van der Waals surface area contributed by atoms with E-state index in [2.05, 4.69) is 20.9 Å². The van der Waals surface area contributed by atoms with Crippen LogP contribution in [-0.2, 0) is 30.3 Å². The van der Waals surface area contributed by atoms with Crippen LogP contribution in [0, 0.1) is 5.41 Å². The van der Waals surface area contributed by atoms with E-state index >= 15 is 0 Å². The molecule has 0 aliphatic heterocycles. The van der Waals surface area contributed by atoms with Gasteiger partial charge in [-0.2, -0.15) is 0 Å². The van der Waals surface area contributed by atoms with E-state index in [9.17, 15) is 19.2 Å². The third kappa shape index (κ3) is 10.3. The number of anilines is 1. The lowest BCUT2D eigenvalue weighted by atomic mass is 9.92. The smallest absolute Gasteiger partial charge is 0.316 e. The predicted octanol–water partition coefficient (Wildman–Crippen LogP) is 3.34. The van der Waals surface area contributed by atoms with Gasteiger partial charge in [0.2, 0.25) is 11.8 Å². The van der Waals surface area contributed by atoms with Crippen LogP contribution in [0.1, 0.15) is 44.7 Å². The molecular weight excluding hydrogens is 596 g/mol. The number of hydrogen-bond donors (Lipinski definition) is 5. The average molecular weight is 637 g/mol. The fraction of sp³-hybridized carbons (Fsp3) is 0.364. The van der Waals surface area contributed by atoms with Gasteiger partial charge in [0.1, 0.15) is 11.9 Å². The summed E-state index contributed by atoms with van der Waals surface area (Å²) in [5.74, 6) is -1.61. The van der Waals surface area contributed by atoms with E-state index in [0.717, 1.165) is 22.3 Å². The summed E-state index contributed by atoms with van der Waals surface area (Å²) in [5, 5.41) is 9.73. The number of hydrogen-bond acceptors (Lipinski definition) is 8. The van der Waals surface area contributed by atoms with Gasteiger partial charge in [-0.15, -0.1) is 0 Å². The Labute approximate surface area is 268 Å². The van der Waals surface area contributed by atoms with E-state index in [1.54, 1.807) is 57.3 Å². The summed E-state index contributed by atoms with van der Waals surface area (Å²) in [5.41, 5.74) is 11.9. The lowest BCUT2D eigenvalue weighted by molar-refractivity contribution is -0.162. The van der Waals surface area contributed by atoms with Crippen molar-refractivity contribution in [3.8, 4) is 0 Å². The van der Waals surface area contributed by atoms with Gasteiger partial charge in [0.25, 0.3) is 5.91 Å². The molecule has 3 aromatic rings. The minimum atomic E-state index is -1.27. The number of rotatable bonds is 15. The van der Waals surface area contributed by atoms with Gasteiger partial charge in [0, 0.05) is 30.4 Å². The van der Waals surface area contributed by atoms with Crippen LogP contribution in [0.5, 0.6) is 0 Å². The SMILES string of the molecule is CNc1ccc2ccc(/C=C/C(C)(C)C(=O)O[C@@H](Cc3ccccc3Cl)C(=O)N[C@@H](C)C(=O)NCCC[C@H](N)C(N)=O)cc2n1. The van der Waals surface area contributed by atoms with Crippen LogP contribution in [-0.4, -0.2) is 60.5 Å². The Bertz CT molecular complexity index is 1560. The van der Waals surface area contributed by atoms with Crippen molar-refractivity contribution in [1.29, 1.82) is 0 Å². The number of halogens is 1. The molecule has 45 heavy (non-hydrogen) atoms. The Hall–Kier alpha value is -4.48. The van der Waals surface area contributed by atoms with Gasteiger partial charge in [-0.25, -0.2) is 4.98 Å². The van der Waals surface area contributed by atoms with Gasteiger partial charge in [-0.05, 0) is 69.0 Å². The number of esters is 1. The van der Waals surface area contributed by atoms with Crippen LogP contribution >= 0.6 is 11.6 Å². The molecule has 3 rings (SSSR count). The van der Waals surface area contributed by atoms with Crippen LogP contribution in [0.2, 0.25) is 5.02 Å². The zero-order valence-electron chi connectivity index (χ0n) is 25.9. The molecule has 12 heteroatoms. The quantitative estimate of drug-likeness (QED) is 0.124. The maximum Gasteiger partial charge on any atom is 0.316 e. The molecule has 2 aromatic carbocycles. The molecule has 0 fully saturated rings. The predicted molar refractivity (Wildman–Crippen MR) is 176 cm³/mol. The highest BCUT2D eigenvalue weighted by atomic mass is 35.5. The highest BCUT2D eigenvalue weighted by Gasteiger charge is 2.33. The van der Waals surface area contributed by atoms with Crippen molar-refractivity contribution < 1.29 is 23.9 Å². The first-order chi connectivity index (χ1) is 21.3. The van der Waals surface area contributed by atoms with Gasteiger partial charge in [0.15, 0.2) is 6.10 Å². The molecule has 0 aliphatic rings. The number of carbonyl (C=O) groups is 4. The monoisotopic (exact) mass is 636 g/mol. The molecular formula is C33H41ClN6O5. The molecule has 1 aromatic heterocycles. The Kier molecular flexibility index (Phi) is 12.5. The number of aromatic nitrogens is 1. The van der Waals surface area contributed by atoms with Gasteiger partial charge in [0.05, 0.1) is 17.0 Å². The Morgan fingerprint density at radius 1 is 1.07 bits per heavy atom. The largest absolute Gasteiger partial charge is 0.451 e. The van der Waals surface area contributed by atoms with Crippen molar-refractivity contribution in [3.05, 3.63) is 76.8 Å². The van der Waals surface area contributed by atoms with Gasteiger partial charge in [-0.1, -0.05) is 54.1 Å². The Morgan fingerprint density at radius 3 is 2.47 bits per heavy atom. The summed E-state index contributed by atoms with van der Waals surface area (Å²) in [6.45, 7) is 5.13. The number of pyridine rings is 1. The molecule has 3 amide bonds. The van der Waals surface area contributed by atoms with E-state index in [1.165, 1.54) is 6.92 Å². The molecule has 0 bridgehead atoms. The topological polar surface area (TPSA) is 179 Å². The second kappa shape index (κ2) is 16.0. The lowest BCUT2D eigenvalue weighted by Gasteiger charge is -2.25. The Morgan fingerprint density at radius 2 is 1.78 bits per heavy atom. The first kappa shape index (κ1) is 35.0. The molecule has 11 nitrogen and oxygen atoms in total. The van der Waals surface area contributed by atoms with Crippen LogP contribution < -0.4 is 27.4 Å². The molecule has 0 spiro atoms. The minimum Gasteiger partial charge on any atom is -0.451 e. The first-order valence-electron chi connectivity index (χ1n) is 14.7. The summed E-state index contributed by atoms with van der Waals surface area (Å²) < 4.78 is 5.78. The zero-order valence-corrected chi connectivity index (χ0v) is 26.7. The molecule has 0 radical (unpaired) electrons. The summed E-state index contributed by atoms with van der Waals surface area (Å²) >= 11 is 6.35. The maximum atomic E-state index is 13.4. The van der Waals surface area contributed by atoms with Gasteiger partial charge in [-0.3, -0.25) is 19.2 Å². The summed E-state index contributed by atoms with van der Waals surface area (Å²) in [6, 6.07) is 14.9. The van der Waals surface area contributed by atoms with Crippen molar-refractivity contribution in [3.63, 3.8) is 0 Å². The fourth-order valence-corrected chi connectivity index (χ4v) is 4.50. The molecule has 1 heterocycles. The number of nitrogens with one attached hydrogen (secondary N) is 3. The van der Waals surface area contributed by atoms with Crippen LogP contribution in [0.25, 0.3) is 17.0 Å². The highest BCUT2D eigenvalue weighted by molar-refractivity contribution is 6.31. The molecule has 0 unspecified atom stereocenters. The van der Waals surface area contributed by atoms with E-state index in [1.807, 2.05) is 30.3 Å². The first-order valence-corrected chi connectivity index (χ1v) is 15.0. The fourth-order valence-electron chi connectivity index (χ4n) is 4.28. The summed E-state index contributed by atoms with van der Waals surface area (Å²) in [7, 11) is 1.80. The van der Waals surface area contributed by atoms with Crippen LogP contribution in [0.4, 0.5) is 5.82 Å². The molecule has 0 saturated heterocycles. The van der Waals surface area contributed by atoms with Crippen molar-refractivity contribution in [2.45, 2.75) is 58.2 Å². The second-order valence-corrected chi connectivity index (χ2v) is 11.7. The number of primary amides is 1. The molecule has 0 aliphatic carbocycles. The van der Waals surface area contributed by atoms with E-state index in [-0.39, 0.29) is 13.0 Å². The lowest BCUT2D eigenvalue weighted by Crippen LogP contribution is -2.50. The van der Waals surface area contributed by atoms with Crippen molar-refractivity contribution in [2.75, 3.05) is 18.9 Å². The third-order valence-electron chi connectivity index (χ3n) is 7.20. The number of nitrogens with two attached hydrogens (primary N) is 2. The van der Waals surface area contributed by atoms with E-state index < -0.39 is 47.3 Å². The average Bonchev–Trinajstić information content (AvgIpc) is 3.01. The molecule has 7 N–H and O–H groups in total. The van der Waals surface area contributed by atoms with Gasteiger partial charge >= 0.3 is 5.97 Å². The summed E-state index contributed by atoms with van der Waals surface area (Å²) in [4.78, 5) is 55.1. The second-order valence-electron chi connectivity index (χ2n) is 11.3. The summed E-state index contributed by atoms with van der Waals surface area (Å²) in [6.07, 6.45) is 2.99. The third-order valence-corrected chi connectivity index (χ3v) is 7.57. The molecule has 3 atom stereocenters. The van der Waals surface area contributed by atoms with Crippen molar-refractivity contribution >= 4 is 58.1 Å². The number of carbonyl (C=O) groups excluding carboxylic acids is 4. The molecule has 0 saturated carbocycles. The number of ether oxygens (including phenoxy) is 1. The number of fused-ring (bicyclic) bond motifs is 1. The van der Waals surface area contributed by atoms with Crippen LogP contribution in [0.15, 0.2) is 60.7 Å². The maximum absolute atomic E-state index is 13.4. The number of amides is 3. The normalized spacial score (nSPS) is 13.6. The van der Waals surface area contributed by atoms with E-state index in [4.69, 9.17) is 27.8 Å². The van der Waals surface area contributed by atoms with Crippen molar-refractivity contribution in [2.24, 2.45) is 16.9 Å². The van der Waals surface area contributed by atoms with Gasteiger partial charge < -0.3 is 32.2 Å². The van der Waals surface area contributed by atoms with Crippen LogP contribution in [0.3, 0.4) is 0 Å². The standard InChI is InChI=1S/C33H41ClN6O5/c1-20(30(42)38-17-7-10-25(35)29(36)41)39-31(43)27(19-23-8-5-6-9-24(23)34)45-32(44)33(2,3)16-15-21-11-12-22-13-14-28(37-4)40-26(22)18-21/h5-6,8-9,11-16,18,20,25,27H,7,10,17,19,35H2,1-4H3,(H2,36,41)(H,37,40)(H,38,42)(H,39,43)/b16-15+/t20-,25-,27-/m0/s1.